The van der Waals surface area contributed by atoms with Crippen molar-refractivity contribution in [2.75, 3.05) is 0 Å². The molecule has 4 rings (SSSR count). The highest BCUT2D eigenvalue weighted by molar-refractivity contribution is 6.07. The predicted octanol–water partition coefficient (Wildman–Crippen LogP) is 4.68. The summed E-state index contributed by atoms with van der Waals surface area (Å²) < 4.78 is 32.5. The molecule has 1 aromatic heterocycles. The maximum absolute atomic E-state index is 14.0. The maximum Gasteiger partial charge on any atom is 0.419 e. The number of nitrogens with one attached hydrogen (secondary N) is 2. The molecule has 32 heavy (non-hydrogen) atoms. The number of cyclic esters (lactones) is 1. The van der Waals surface area contributed by atoms with Gasteiger partial charge in [-0.25, -0.2) is 13.6 Å². The van der Waals surface area contributed by atoms with Crippen molar-refractivity contribution in [2.45, 2.75) is 32.1 Å². The number of alkyl carbamates (subject to hydrolysis) is 1. The average molecular weight is 438 g/mol. The van der Waals surface area contributed by atoms with Crippen LogP contribution in [0.2, 0.25) is 0 Å². The molecule has 1 aliphatic heterocycles. The van der Waals surface area contributed by atoms with Crippen LogP contribution in [-0.4, -0.2) is 17.0 Å². The Bertz CT molecular complexity index is 1340. The standard InChI is InChI=1S/C24H20F2N2O4/c1-3-24(4-2,12-20-22(30)28-23(31)32-20)17-7-8-19(27-21(17)29)13-5-6-16-14(9-13)10-15(25)11-18(16)26/h5-12H,3-4H2,1-2H3,(H,27,29)(H,28,30,31). The number of hydrogen-bond acceptors (Lipinski definition) is 4. The van der Waals surface area contributed by atoms with E-state index >= 15 is 0 Å². The molecule has 0 radical (unpaired) electrons. The topological polar surface area (TPSA) is 88.3 Å². The second kappa shape index (κ2) is 8.03. The number of benzene rings is 2. The lowest BCUT2D eigenvalue weighted by Crippen LogP contribution is -2.31. The minimum absolute atomic E-state index is 0.138. The van der Waals surface area contributed by atoms with Gasteiger partial charge in [-0.05, 0) is 48.1 Å². The monoisotopic (exact) mass is 438 g/mol. The van der Waals surface area contributed by atoms with Gasteiger partial charge in [0.05, 0.1) is 0 Å². The average Bonchev–Trinajstić information content (AvgIpc) is 3.08. The van der Waals surface area contributed by atoms with Gasteiger partial charge in [-0.2, -0.15) is 0 Å². The van der Waals surface area contributed by atoms with E-state index in [9.17, 15) is 23.2 Å². The molecule has 0 spiro atoms. The summed E-state index contributed by atoms with van der Waals surface area (Å²) >= 11 is 0. The molecule has 0 atom stereocenters. The summed E-state index contributed by atoms with van der Waals surface area (Å²) in [6, 6.07) is 10.2. The van der Waals surface area contributed by atoms with Gasteiger partial charge in [0.25, 0.3) is 11.5 Å². The van der Waals surface area contributed by atoms with Crippen molar-refractivity contribution in [1.82, 2.24) is 10.3 Å². The Balaban J connectivity index is 1.78. The zero-order valence-electron chi connectivity index (χ0n) is 17.4. The molecule has 1 saturated heterocycles. The molecular formula is C24H20F2N2O4. The van der Waals surface area contributed by atoms with Crippen molar-refractivity contribution in [1.29, 1.82) is 0 Å². The van der Waals surface area contributed by atoms with E-state index in [0.717, 1.165) is 6.07 Å². The van der Waals surface area contributed by atoms with Crippen molar-refractivity contribution in [3.63, 3.8) is 0 Å². The van der Waals surface area contributed by atoms with Crippen LogP contribution >= 0.6 is 0 Å². The molecule has 1 aliphatic rings. The molecule has 2 aromatic carbocycles. The molecule has 2 N–H and O–H groups in total. The van der Waals surface area contributed by atoms with Gasteiger partial charge in [-0.15, -0.1) is 0 Å². The number of amides is 2. The fourth-order valence-electron chi connectivity index (χ4n) is 4.08. The van der Waals surface area contributed by atoms with E-state index in [1.807, 2.05) is 19.2 Å². The smallest absolute Gasteiger partial charge is 0.404 e. The number of carbonyl (C=O) groups excluding carboxylic acids is 2. The summed E-state index contributed by atoms with van der Waals surface area (Å²) in [7, 11) is 0. The van der Waals surface area contributed by atoms with Gasteiger partial charge >= 0.3 is 6.09 Å². The third-order valence-corrected chi connectivity index (χ3v) is 5.93. The summed E-state index contributed by atoms with van der Waals surface area (Å²) in [5, 5.41) is 2.70. The van der Waals surface area contributed by atoms with Gasteiger partial charge in [0.1, 0.15) is 11.6 Å². The number of allylic oxidation sites excluding steroid dienone is 1. The number of H-pyrrole nitrogens is 1. The number of hydrogen-bond donors (Lipinski definition) is 2. The number of aromatic nitrogens is 1. The fourth-order valence-corrected chi connectivity index (χ4v) is 4.08. The SMILES string of the molecule is CCC(C=C1OC(=O)NC1=O)(CC)c1ccc(-c2ccc3c(F)cc(F)cc3c2)[nH]c1=O. The fraction of sp³-hybridized carbons (Fsp3) is 0.208. The Labute approximate surface area is 181 Å². The highest BCUT2D eigenvalue weighted by Gasteiger charge is 2.35. The number of ether oxygens (including phenoxy) is 1. The molecule has 0 bridgehead atoms. The molecule has 3 aromatic rings. The van der Waals surface area contributed by atoms with Gasteiger partial charge in [-0.1, -0.05) is 32.0 Å². The normalized spacial score (nSPS) is 15.3. The zero-order chi connectivity index (χ0) is 23.0. The van der Waals surface area contributed by atoms with Crippen molar-refractivity contribution >= 4 is 22.8 Å². The largest absolute Gasteiger partial charge is 0.419 e. The van der Waals surface area contributed by atoms with Gasteiger partial charge in [0, 0.05) is 28.1 Å². The van der Waals surface area contributed by atoms with E-state index in [0.29, 0.717) is 35.0 Å². The summed E-state index contributed by atoms with van der Waals surface area (Å²) in [6.45, 7) is 3.74. The highest BCUT2D eigenvalue weighted by atomic mass is 19.1. The third kappa shape index (κ3) is 3.68. The Morgan fingerprint density at radius 3 is 2.38 bits per heavy atom. The molecular weight excluding hydrogens is 418 g/mol. The number of aromatic amines is 1. The minimum Gasteiger partial charge on any atom is -0.404 e. The Kier molecular flexibility index (Phi) is 5.38. The molecule has 0 unspecified atom stereocenters. The first-order chi connectivity index (χ1) is 15.3. The van der Waals surface area contributed by atoms with Gasteiger partial charge in [0.15, 0.2) is 5.76 Å². The lowest BCUT2D eigenvalue weighted by Gasteiger charge is -2.28. The van der Waals surface area contributed by atoms with Crippen molar-refractivity contribution in [2.24, 2.45) is 0 Å². The van der Waals surface area contributed by atoms with Crippen LogP contribution in [0.25, 0.3) is 22.0 Å². The van der Waals surface area contributed by atoms with Crippen LogP contribution in [0.1, 0.15) is 32.3 Å². The summed E-state index contributed by atoms with van der Waals surface area (Å²) in [5.74, 6) is -2.13. The van der Waals surface area contributed by atoms with Crippen molar-refractivity contribution in [3.05, 3.63) is 81.9 Å². The van der Waals surface area contributed by atoms with Crippen molar-refractivity contribution < 1.29 is 23.1 Å². The quantitative estimate of drug-likeness (QED) is 0.566. The highest BCUT2D eigenvalue weighted by Crippen LogP contribution is 2.34. The van der Waals surface area contributed by atoms with Crippen LogP contribution in [-0.2, 0) is 14.9 Å². The van der Waals surface area contributed by atoms with Crippen molar-refractivity contribution in [3.8, 4) is 11.3 Å². The summed E-state index contributed by atoms with van der Waals surface area (Å²) in [4.78, 5) is 39.2. The van der Waals surface area contributed by atoms with Crippen LogP contribution < -0.4 is 10.9 Å². The molecule has 1 fully saturated rings. The number of rotatable bonds is 5. The molecule has 8 heteroatoms. The van der Waals surface area contributed by atoms with E-state index < -0.39 is 29.0 Å². The number of imide groups is 1. The predicted molar refractivity (Wildman–Crippen MR) is 115 cm³/mol. The van der Waals surface area contributed by atoms with E-state index in [-0.39, 0.29) is 16.7 Å². The van der Waals surface area contributed by atoms with E-state index in [4.69, 9.17) is 4.74 Å². The van der Waals surface area contributed by atoms with Gasteiger partial charge in [-0.3, -0.25) is 14.9 Å². The second-order valence-electron chi connectivity index (χ2n) is 7.65. The molecule has 0 saturated carbocycles. The van der Waals surface area contributed by atoms with E-state index in [1.54, 1.807) is 24.3 Å². The second-order valence-corrected chi connectivity index (χ2v) is 7.65. The molecule has 0 aliphatic carbocycles. The first-order valence-electron chi connectivity index (χ1n) is 10.2. The number of halogens is 2. The van der Waals surface area contributed by atoms with Crippen LogP contribution in [0.3, 0.4) is 0 Å². The first kappa shape index (κ1) is 21.4. The molecule has 2 heterocycles. The molecule has 164 valence electrons. The lowest BCUT2D eigenvalue weighted by atomic mass is 9.75. The summed E-state index contributed by atoms with van der Waals surface area (Å²) in [5.41, 5.74) is 0.265. The number of pyridine rings is 1. The van der Waals surface area contributed by atoms with E-state index in [1.165, 1.54) is 18.2 Å². The summed E-state index contributed by atoms with van der Waals surface area (Å²) in [6.07, 6.45) is 1.62. The number of fused-ring (bicyclic) bond motifs is 1. The first-order valence-corrected chi connectivity index (χ1v) is 10.2. The Morgan fingerprint density at radius 2 is 1.75 bits per heavy atom. The Morgan fingerprint density at radius 1 is 1.00 bits per heavy atom. The minimum atomic E-state index is -0.851. The molecule has 6 nitrogen and oxygen atoms in total. The maximum atomic E-state index is 14.0. The lowest BCUT2D eigenvalue weighted by molar-refractivity contribution is -0.116. The molecule has 2 amide bonds. The van der Waals surface area contributed by atoms with Gasteiger partial charge in [0.2, 0.25) is 0 Å². The number of carbonyl (C=O) groups is 2. The third-order valence-electron chi connectivity index (χ3n) is 5.93. The van der Waals surface area contributed by atoms with Crippen LogP contribution in [0.15, 0.2) is 59.1 Å². The van der Waals surface area contributed by atoms with E-state index in [2.05, 4.69) is 4.98 Å². The van der Waals surface area contributed by atoms with Crippen LogP contribution in [0, 0.1) is 11.6 Å². The van der Waals surface area contributed by atoms with Gasteiger partial charge < -0.3 is 9.72 Å². The Hall–Kier alpha value is -3.81. The van der Waals surface area contributed by atoms with Crippen LogP contribution in [0.5, 0.6) is 0 Å². The van der Waals surface area contributed by atoms with Crippen LogP contribution in [0.4, 0.5) is 13.6 Å². The zero-order valence-corrected chi connectivity index (χ0v) is 17.4.